The average molecular weight is 235 g/mol. The number of ether oxygens (including phenoxy) is 1. The first-order chi connectivity index (χ1) is 8.22. The standard InChI is InChI=1S/C13H21N3O/c1-2-3-4-5-10-17-12-8-6-11(7-9-12)16-13(14)15/h6-9H,2-5,10H2,1H3,(H4,14,15,16). The highest BCUT2D eigenvalue weighted by molar-refractivity contribution is 5.78. The van der Waals surface area contributed by atoms with Crippen molar-refractivity contribution in [2.75, 3.05) is 6.61 Å². The summed E-state index contributed by atoms with van der Waals surface area (Å²) in [6.45, 7) is 2.96. The molecule has 0 aliphatic rings. The summed E-state index contributed by atoms with van der Waals surface area (Å²) in [6.07, 6.45) is 4.84. The predicted molar refractivity (Wildman–Crippen MR) is 71.5 cm³/mol. The zero-order valence-corrected chi connectivity index (χ0v) is 10.4. The van der Waals surface area contributed by atoms with Crippen LogP contribution in [0.3, 0.4) is 0 Å². The van der Waals surface area contributed by atoms with Crippen molar-refractivity contribution in [1.82, 2.24) is 0 Å². The van der Waals surface area contributed by atoms with Gasteiger partial charge in [-0.15, -0.1) is 0 Å². The minimum Gasteiger partial charge on any atom is -0.494 e. The number of guanidine groups is 1. The summed E-state index contributed by atoms with van der Waals surface area (Å²) in [5, 5.41) is 0. The molecule has 0 radical (unpaired) electrons. The van der Waals surface area contributed by atoms with Gasteiger partial charge in [0.2, 0.25) is 0 Å². The van der Waals surface area contributed by atoms with Crippen LogP contribution in [-0.4, -0.2) is 12.6 Å². The van der Waals surface area contributed by atoms with Gasteiger partial charge in [-0.05, 0) is 30.7 Å². The van der Waals surface area contributed by atoms with E-state index < -0.39 is 0 Å². The summed E-state index contributed by atoms with van der Waals surface area (Å²) in [5.41, 5.74) is 11.3. The highest BCUT2D eigenvalue weighted by atomic mass is 16.5. The van der Waals surface area contributed by atoms with Crippen molar-refractivity contribution in [3.05, 3.63) is 24.3 Å². The molecule has 94 valence electrons. The SMILES string of the molecule is CCCCCCOc1ccc(N=C(N)N)cc1. The molecule has 0 bridgehead atoms. The minimum atomic E-state index is 0.0678. The summed E-state index contributed by atoms with van der Waals surface area (Å²) in [5.74, 6) is 0.925. The maximum absolute atomic E-state index is 5.60. The Kier molecular flexibility index (Phi) is 5.93. The summed E-state index contributed by atoms with van der Waals surface area (Å²) in [6, 6.07) is 7.42. The van der Waals surface area contributed by atoms with E-state index in [1.54, 1.807) is 0 Å². The first-order valence-corrected chi connectivity index (χ1v) is 6.05. The van der Waals surface area contributed by atoms with Gasteiger partial charge < -0.3 is 16.2 Å². The molecule has 1 aromatic carbocycles. The second-order valence-electron chi connectivity index (χ2n) is 3.94. The fourth-order valence-corrected chi connectivity index (χ4v) is 1.48. The van der Waals surface area contributed by atoms with Crippen LogP contribution in [-0.2, 0) is 0 Å². The predicted octanol–water partition coefficient (Wildman–Crippen LogP) is 2.55. The van der Waals surface area contributed by atoms with E-state index in [9.17, 15) is 0 Å². The quantitative estimate of drug-likeness (QED) is 0.433. The number of nitrogens with two attached hydrogens (primary N) is 2. The Bertz CT molecular complexity index is 342. The maximum Gasteiger partial charge on any atom is 0.191 e. The monoisotopic (exact) mass is 235 g/mol. The average Bonchev–Trinajstić information content (AvgIpc) is 2.30. The van der Waals surface area contributed by atoms with Crippen molar-refractivity contribution >= 4 is 11.6 Å². The molecule has 1 aromatic rings. The Labute approximate surface area is 103 Å². The molecular formula is C13H21N3O. The first kappa shape index (κ1) is 13.4. The molecule has 0 saturated carbocycles. The van der Waals surface area contributed by atoms with E-state index in [-0.39, 0.29) is 5.96 Å². The van der Waals surface area contributed by atoms with Gasteiger partial charge in [0.1, 0.15) is 5.75 Å². The Balaban J connectivity index is 2.33. The number of nitrogens with zero attached hydrogens (tertiary/aromatic N) is 1. The van der Waals surface area contributed by atoms with E-state index in [1.165, 1.54) is 19.3 Å². The Morgan fingerprint density at radius 3 is 2.41 bits per heavy atom. The van der Waals surface area contributed by atoms with Gasteiger partial charge in [0, 0.05) is 0 Å². The van der Waals surface area contributed by atoms with Crippen LogP contribution in [0.4, 0.5) is 5.69 Å². The highest BCUT2D eigenvalue weighted by Gasteiger charge is 1.95. The van der Waals surface area contributed by atoms with Gasteiger partial charge >= 0.3 is 0 Å². The van der Waals surface area contributed by atoms with Gasteiger partial charge in [-0.3, -0.25) is 0 Å². The molecule has 17 heavy (non-hydrogen) atoms. The molecule has 0 amide bonds. The van der Waals surface area contributed by atoms with E-state index >= 15 is 0 Å². The normalized spacial score (nSPS) is 9.94. The molecule has 4 N–H and O–H groups in total. The molecule has 1 rings (SSSR count). The molecule has 0 atom stereocenters. The molecule has 4 nitrogen and oxygen atoms in total. The molecule has 0 spiro atoms. The van der Waals surface area contributed by atoms with Crippen molar-refractivity contribution in [3.8, 4) is 5.75 Å². The lowest BCUT2D eigenvalue weighted by Crippen LogP contribution is -2.21. The van der Waals surface area contributed by atoms with Gasteiger partial charge in [-0.1, -0.05) is 26.2 Å². The molecule has 0 saturated heterocycles. The lowest BCUT2D eigenvalue weighted by molar-refractivity contribution is 0.305. The highest BCUT2D eigenvalue weighted by Crippen LogP contribution is 2.18. The van der Waals surface area contributed by atoms with Crippen LogP contribution >= 0.6 is 0 Å². The molecule has 4 heteroatoms. The van der Waals surface area contributed by atoms with Crippen molar-refractivity contribution in [2.24, 2.45) is 16.5 Å². The van der Waals surface area contributed by atoms with E-state index in [1.807, 2.05) is 24.3 Å². The Morgan fingerprint density at radius 2 is 1.82 bits per heavy atom. The number of hydrogen-bond donors (Lipinski definition) is 2. The number of benzene rings is 1. The van der Waals surface area contributed by atoms with Crippen molar-refractivity contribution < 1.29 is 4.74 Å². The lowest BCUT2D eigenvalue weighted by Gasteiger charge is -2.05. The summed E-state index contributed by atoms with van der Waals surface area (Å²) in [7, 11) is 0. The summed E-state index contributed by atoms with van der Waals surface area (Å²) < 4.78 is 5.60. The molecule has 0 unspecified atom stereocenters. The summed E-state index contributed by atoms with van der Waals surface area (Å²) in [4.78, 5) is 3.94. The van der Waals surface area contributed by atoms with Crippen molar-refractivity contribution in [3.63, 3.8) is 0 Å². The molecule has 0 heterocycles. The topological polar surface area (TPSA) is 73.6 Å². The van der Waals surface area contributed by atoms with Crippen LogP contribution in [0.2, 0.25) is 0 Å². The van der Waals surface area contributed by atoms with E-state index in [2.05, 4.69) is 11.9 Å². The van der Waals surface area contributed by atoms with Crippen LogP contribution in [0, 0.1) is 0 Å². The first-order valence-electron chi connectivity index (χ1n) is 6.05. The van der Waals surface area contributed by atoms with Crippen LogP contribution in [0.1, 0.15) is 32.6 Å². The van der Waals surface area contributed by atoms with Gasteiger partial charge in [-0.25, -0.2) is 4.99 Å². The number of unbranched alkanes of at least 4 members (excludes halogenated alkanes) is 3. The Hall–Kier alpha value is -1.71. The van der Waals surface area contributed by atoms with Gasteiger partial charge in [0.05, 0.1) is 12.3 Å². The van der Waals surface area contributed by atoms with E-state index in [4.69, 9.17) is 16.2 Å². The zero-order chi connectivity index (χ0) is 12.5. The zero-order valence-electron chi connectivity index (χ0n) is 10.4. The van der Waals surface area contributed by atoms with Crippen molar-refractivity contribution in [1.29, 1.82) is 0 Å². The summed E-state index contributed by atoms with van der Waals surface area (Å²) >= 11 is 0. The Morgan fingerprint density at radius 1 is 1.12 bits per heavy atom. The van der Waals surface area contributed by atoms with Gasteiger partial charge in [0.25, 0.3) is 0 Å². The molecule has 0 fully saturated rings. The fourth-order valence-electron chi connectivity index (χ4n) is 1.48. The van der Waals surface area contributed by atoms with Crippen LogP contribution in [0.25, 0.3) is 0 Å². The van der Waals surface area contributed by atoms with Gasteiger partial charge in [0.15, 0.2) is 5.96 Å². The largest absolute Gasteiger partial charge is 0.494 e. The van der Waals surface area contributed by atoms with Crippen LogP contribution in [0.5, 0.6) is 5.75 Å². The van der Waals surface area contributed by atoms with Crippen molar-refractivity contribution in [2.45, 2.75) is 32.6 Å². The lowest BCUT2D eigenvalue weighted by atomic mass is 10.2. The fraction of sp³-hybridized carbons (Fsp3) is 0.462. The number of rotatable bonds is 7. The smallest absolute Gasteiger partial charge is 0.191 e. The van der Waals surface area contributed by atoms with Crippen LogP contribution in [0.15, 0.2) is 29.3 Å². The third kappa shape index (κ3) is 5.80. The second-order valence-corrected chi connectivity index (χ2v) is 3.94. The molecular weight excluding hydrogens is 214 g/mol. The third-order valence-electron chi connectivity index (χ3n) is 2.36. The third-order valence-corrected chi connectivity index (χ3v) is 2.36. The van der Waals surface area contributed by atoms with Gasteiger partial charge in [-0.2, -0.15) is 0 Å². The number of aliphatic imine (C=N–C) groups is 1. The van der Waals surface area contributed by atoms with Crippen LogP contribution < -0.4 is 16.2 Å². The molecule has 0 aliphatic carbocycles. The molecule has 0 aromatic heterocycles. The van der Waals surface area contributed by atoms with E-state index in [0.29, 0.717) is 0 Å². The second kappa shape index (κ2) is 7.54. The maximum atomic E-state index is 5.60. The minimum absolute atomic E-state index is 0.0678. The number of hydrogen-bond acceptors (Lipinski definition) is 2. The van der Waals surface area contributed by atoms with E-state index in [0.717, 1.165) is 24.5 Å². The molecule has 0 aliphatic heterocycles.